The zero-order chi connectivity index (χ0) is 15.8. The van der Waals surface area contributed by atoms with E-state index in [1.165, 1.54) is 19.3 Å². The van der Waals surface area contributed by atoms with Gasteiger partial charge in [0.15, 0.2) is 0 Å². The van der Waals surface area contributed by atoms with Crippen LogP contribution in [0.2, 0.25) is 0 Å². The highest BCUT2D eigenvalue weighted by Crippen LogP contribution is 2.23. The minimum absolute atomic E-state index is 0.160. The summed E-state index contributed by atoms with van der Waals surface area (Å²) in [7, 11) is 0. The van der Waals surface area contributed by atoms with Crippen molar-refractivity contribution in [3.8, 4) is 5.75 Å². The maximum Gasteiger partial charge on any atom is 0.230 e. The lowest BCUT2D eigenvalue weighted by atomic mass is 9.86. The number of thioether (sulfide) groups is 1. The fourth-order valence-corrected chi connectivity index (χ4v) is 3.57. The Morgan fingerprint density at radius 2 is 2.05 bits per heavy atom. The van der Waals surface area contributed by atoms with Crippen molar-refractivity contribution in [2.45, 2.75) is 38.6 Å². The van der Waals surface area contributed by atoms with Crippen LogP contribution in [0.3, 0.4) is 0 Å². The van der Waals surface area contributed by atoms with Gasteiger partial charge in [-0.1, -0.05) is 35.7 Å². The average molecular weight is 386 g/mol. The van der Waals surface area contributed by atoms with Crippen LogP contribution in [-0.4, -0.2) is 30.1 Å². The van der Waals surface area contributed by atoms with Crippen LogP contribution in [0.4, 0.5) is 0 Å². The van der Waals surface area contributed by atoms with Crippen molar-refractivity contribution in [1.82, 2.24) is 5.32 Å². The maximum atomic E-state index is 11.9. The minimum atomic E-state index is 0.160. The fraction of sp³-hybridized carbons (Fsp3) is 0.588. The largest absolute Gasteiger partial charge is 0.493 e. The van der Waals surface area contributed by atoms with Crippen LogP contribution < -0.4 is 10.1 Å². The normalized spacial score (nSPS) is 21.4. The maximum absolute atomic E-state index is 11.9. The van der Waals surface area contributed by atoms with Crippen LogP contribution in [0.1, 0.15) is 32.6 Å². The molecule has 3 nitrogen and oxygen atoms in total. The third-order valence-electron chi connectivity index (χ3n) is 4.00. The molecule has 1 aliphatic rings. The second-order valence-corrected chi connectivity index (χ2v) is 7.81. The SMILES string of the molecule is C[C@H]1CCCC[C@@H]1NC(=O)CSCCOc1ccc(Br)cc1. The van der Waals surface area contributed by atoms with Crippen molar-refractivity contribution in [2.75, 3.05) is 18.1 Å². The van der Waals surface area contributed by atoms with Crippen LogP contribution in [0.25, 0.3) is 0 Å². The first kappa shape index (κ1) is 17.7. The first-order chi connectivity index (χ1) is 10.6. The van der Waals surface area contributed by atoms with Crippen molar-refractivity contribution in [2.24, 2.45) is 5.92 Å². The van der Waals surface area contributed by atoms with Gasteiger partial charge in [0.05, 0.1) is 12.4 Å². The van der Waals surface area contributed by atoms with E-state index in [1.807, 2.05) is 24.3 Å². The summed E-state index contributed by atoms with van der Waals surface area (Å²) >= 11 is 5.02. The van der Waals surface area contributed by atoms with E-state index in [0.29, 0.717) is 24.3 Å². The Morgan fingerprint density at radius 1 is 1.32 bits per heavy atom. The van der Waals surface area contributed by atoms with Gasteiger partial charge < -0.3 is 10.1 Å². The van der Waals surface area contributed by atoms with Gasteiger partial charge in [-0.15, -0.1) is 11.8 Å². The topological polar surface area (TPSA) is 38.3 Å². The Morgan fingerprint density at radius 3 is 2.77 bits per heavy atom. The molecule has 5 heteroatoms. The molecule has 0 spiro atoms. The third-order valence-corrected chi connectivity index (χ3v) is 5.45. The molecule has 122 valence electrons. The van der Waals surface area contributed by atoms with E-state index in [2.05, 4.69) is 28.2 Å². The number of benzene rings is 1. The molecule has 0 heterocycles. The lowest BCUT2D eigenvalue weighted by Crippen LogP contribution is -2.41. The van der Waals surface area contributed by atoms with Crippen LogP contribution >= 0.6 is 27.7 Å². The standard InChI is InChI=1S/C17H24BrNO2S/c1-13-4-2-3-5-16(13)19-17(20)12-22-11-10-21-15-8-6-14(18)7-9-15/h6-9,13,16H,2-5,10-12H2,1H3,(H,19,20)/t13-,16-/m0/s1. The molecule has 22 heavy (non-hydrogen) atoms. The molecule has 0 aliphatic heterocycles. The molecule has 1 fully saturated rings. The molecule has 2 atom stereocenters. The van der Waals surface area contributed by atoms with E-state index in [-0.39, 0.29) is 5.91 Å². The molecule has 1 aromatic carbocycles. The fourth-order valence-electron chi connectivity index (χ4n) is 2.69. The van der Waals surface area contributed by atoms with Gasteiger partial charge in [-0.3, -0.25) is 4.79 Å². The molecule has 0 saturated heterocycles. The highest BCUT2D eigenvalue weighted by molar-refractivity contribution is 9.10. The minimum Gasteiger partial charge on any atom is -0.493 e. The van der Waals surface area contributed by atoms with Crippen molar-refractivity contribution in [3.63, 3.8) is 0 Å². The van der Waals surface area contributed by atoms with Crippen molar-refractivity contribution in [3.05, 3.63) is 28.7 Å². The van der Waals surface area contributed by atoms with Gasteiger partial charge in [0, 0.05) is 16.3 Å². The number of nitrogens with one attached hydrogen (secondary N) is 1. The molecular weight excluding hydrogens is 362 g/mol. The number of carbonyl (C=O) groups is 1. The number of hydrogen-bond acceptors (Lipinski definition) is 3. The van der Waals surface area contributed by atoms with Crippen LogP contribution in [0, 0.1) is 5.92 Å². The molecule has 0 aromatic heterocycles. The Hall–Kier alpha value is -0.680. The number of ether oxygens (including phenoxy) is 1. The summed E-state index contributed by atoms with van der Waals surface area (Å²) in [6, 6.07) is 8.17. The first-order valence-electron chi connectivity index (χ1n) is 7.90. The van der Waals surface area contributed by atoms with Crippen molar-refractivity contribution >= 4 is 33.6 Å². The summed E-state index contributed by atoms with van der Waals surface area (Å²) in [6.45, 7) is 2.86. The first-order valence-corrected chi connectivity index (χ1v) is 9.85. The van der Waals surface area contributed by atoms with Gasteiger partial charge in [0.2, 0.25) is 5.91 Å². The van der Waals surface area contributed by atoms with Gasteiger partial charge in [0.25, 0.3) is 0 Å². The summed E-state index contributed by atoms with van der Waals surface area (Å²) in [5.74, 6) is 2.98. The second-order valence-electron chi connectivity index (χ2n) is 5.79. The summed E-state index contributed by atoms with van der Waals surface area (Å²) in [4.78, 5) is 11.9. The zero-order valence-electron chi connectivity index (χ0n) is 13.0. The molecular formula is C17H24BrNO2S. The molecule has 2 rings (SSSR count). The zero-order valence-corrected chi connectivity index (χ0v) is 15.4. The summed E-state index contributed by atoms with van der Waals surface area (Å²) in [5.41, 5.74) is 0. The molecule has 1 N–H and O–H groups in total. The Labute approximate surface area is 145 Å². The average Bonchev–Trinajstić information content (AvgIpc) is 2.51. The van der Waals surface area contributed by atoms with Gasteiger partial charge in [-0.05, 0) is 43.0 Å². The highest BCUT2D eigenvalue weighted by Gasteiger charge is 2.22. The van der Waals surface area contributed by atoms with E-state index in [9.17, 15) is 4.79 Å². The van der Waals surface area contributed by atoms with E-state index in [1.54, 1.807) is 11.8 Å². The number of amides is 1. The number of halogens is 1. The summed E-state index contributed by atoms with van der Waals surface area (Å²) in [5, 5.41) is 3.18. The number of rotatable bonds is 7. The number of carbonyl (C=O) groups excluding carboxylic acids is 1. The quantitative estimate of drug-likeness (QED) is 0.712. The van der Waals surface area contributed by atoms with Gasteiger partial charge in [-0.2, -0.15) is 0 Å². The second kappa shape index (κ2) is 9.46. The van der Waals surface area contributed by atoms with Crippen LogP contribution in [-0.2, 0) is 4.79 Å². The smallest absolute Gasteiger partial charge is 0.230 e. The predicted octanol–water partition coefficient (Wildman–Crippen LogP) is 4.26. The third kappa shape index (κ3) is 6.21. The van der Waals surface area contributed by atoms with Gasteiger partial charge in [0.1, 0.15) is 5.75 Å². The Kier molecular flexibility index (Phi) is 7.60. The van der Waals surface area contributed by atoms with E-state index < -0.39 is 0 Å². The summed E-state index contributed by atoms with van der Waals surface area (Å²) in [6.07, 6.45) is 4.91. The van der Waals surface area contributed by atoms with Crippen LogP contribution in [0.5, 0.6) is 5.75 Å². The molecule has 1 amide bonds. The Balaban J connectivity index is 1.56. The van der Waals surface area contributed by atoms with Crippen molar-refractivity contribution in [1.29, 1.82) is 0 Å². The molecule has 0 unspecified atom stereocenters. The lowest BCUT2D eigenvalue weighted by molar-refractivity contribution is -0.119. The van der Waals surface area contributed by atoms with E-state index in [4.69, 9.17) is 4.74 Å². The predicted molar refractivity (Wildman–Crippen MR) is 96.5 cm³/mol. The molecule has 0 radical (unpaired) electrons. The number of hydrogen-bond donors (Lipinski definition) is 1. The lowest BCUT2D eigenvalue weighted by Gasteiger charge is -2.29. The molecule has 0 bridgehead atoms. The van der Waals surface area contributed by atoms with Crippen LogP contribution in [0.15, 0.2) is 28.7 Å². The molecule has 1 aliphatic carbocycles. The van der Waals surface area contributed by atoms with E-state index in [0.717, 1.165) is 22.4 Å². The molecule has 1 saturated carbocycles. The Bertz CT molecular complexity index is 466. The van der Waals surface area contributed by atoms with Crippen molar-refractivity contribution < 1.29 is 9.53 Å². The monoisotopic (exact) mass is 385 g/mol. The summed E-state index contributed by atoms with van der Waals surface area (Å²) < 4.78 is 6.68. The van der Waals surface area contributed by atoms with Gasteiger partial charge >= 0.3 is 0 Å². The molecule has 1 aromatic rings. The van der Waals surface area contributed by atoms with Gasteiger partial charge in [-0.25, -0.2) is 0 Å². The van der Waals surface area contributed by atoms with E-state index >= 15 is 0 Å². The highest BCUT2D eigenvalue weighted by atomic mass is 79.9.